The number of allylic oxidation sites excluding steroid dienone is 4. The molecule has 6 atom stereocenters. The van der Waals surface area contributed by atoms with Crippen molar-refractivity contribution in [3.63, 3.8) is 0 Å². The smallest absolute Gasteiger partial charge is 0.306 e. The van der Waals surface area contributed by atoms with Crippen LogP contribution < -0.4 is 0 Å². The van der Waals surface area contributed by atoms with Crippen LogP contribution in [0.15, 0.2) is 24.3 Å². The molecule has 1 fully saturated rings. The lowest BCUT2D eigenvalue weighted by atomic mass is 9.99. The van der Waals surface area contributed by atoms with Crippen LogP contribution in [0.1, 0.15) is 194 Å². The Hall–Kier alpha value is -1.82. The molecule has 1 heterocycles. The van der Waals surface area contributed by atoms with Crippen molar-refractivity contribution in [2.45, 2.75) is 230 Å². The molecule has 1 saturated heterocycles. The highest BCUT2D eigenvalue weighted by Crippen LogP contribution is 2.22. The maximum absolute atomic E-state index is 12.8. The van der Waals surface area contributed by atoms with Crippen LogP contribution in [0.25, 0.3) is 0 Å². The number of hydrogen-bond acceptors (Lipinski definition) is 10. The lowest BCUT2D eigenvalue weighted by Crippen LogP contribution is -2.59. The molecule has 0 aromatic rings. The van der Waals surface area contributed by atoms with E-state index in [1.54, 1.807) is 0 Å². The topological polar surface area (TPSA) is 152 Å². The third kappa shape index (κ3) is 28.3. The van der Waals surface area contributed by atoms with Gasteiger partial charge in [-0.25, -0.2) is 0 Å². The number of esters is 2. The van der Waals surface area contributed by atoms with Gasteiger partial charge in [-0.1, -0.05) is 147 Å². The van der Waals surface area contributed by atoms with Gasteiger partial charge in [0.25, 0.3) is 0 Å². The molecule has 0 amide bonds. The number of carbonyl (C=O) groups is 2. The van der Waals surface area contributed by atoms with Crippen LogP contribution in [0.4, 0.5) is 0 Å². The number of unbranched alkanes of at least 4 members (excludes halogenated alkanes) is 22. The lowest BCUT2D eigenvalue weighted by Gasteiger charge is -2.39. The highest BCUT2D eigenvalue weighted by atomic mass is 16.7. The summed E-state index contributed by atoms with van der Waals surface area (Å²) in [5, 5.41) is 40.0. The van der Waals surface area contributed by atoms with Crippen LogP contribution >= 0.6 is 0 Å². The predicted molar refractivity (Wildman–Crippen MR) is 219 cm³/mol. The molecular formula is C45H82O10. The van der Waals surface area contributed by atoms with Crippen molar-refractivity contribution >= 4 is 11.9 Å². The summed E-state index contributed by atoms with van der Waals surface area (Å²) in [7, 11) is 0. The fourth-order valence-electron chi connectivity index (χ4n) is 6.69. The number of carbonyl (C=O) groups excluding carboxylic acids is 2. The Morgan fingerprint density at radius 2 is 0.982 bits per heavy atom. The molecule has 10 heteroatoms. The summed E-state index contributed by atoms with van der Waals surface area (Å²) in [5.41, 5.74) is 0. The first kappa shape index (κ1) is 51.2. The molecule has 0 aliphatic carbocycles. The van der Waals surface area contributed by atoms with Crippen molar-refractivity contribution in [1.82, 2.24) is 0 Å². The molecule has 322 valence electrons. The van der Waals surface area contributed by atoms with E-state index in [2.05, 4.69) is 38.2 Å². The van der Waals surface area contributed by atoms with Crippen molar-refractivity contribution < 1.29 is 49.0 Å². The molecular weight excluding hydrogens is 700 g/mol. The molecule has 1 aliphatic rings. The Labute approximate surface area is 334 Å². The average molecular weight is 783 g/mol. The SMILES string of the molecule is CCCC/C=C/CCCCCCCCCCCC(=O)OC[C@@H](CO[C@H]1O[C@@H](CO)[C@@H](O)C(O)C1O)OC(=O)CCCCCCC/C=C/CCCCCCCC. The Kier molecular flexibility index (Phi) is 34.0. The standard InChI is InChI=1S/C45H82O10/c1-3-5-7-9-11-13-15-17-19-21-23-25-27-29-31-33-40(47)52-36-38(37-53-45-44(51)43(50)42(49)39(35-46)55-45)54-41(48)34-32-30-28-26-24-22-20-18-16-14-12-10-8-6-4-2/h9,11,18,20,38-39,42-46,49-51H,3-8,10,12-17,19,21-37H2,1-2H3/b11-9+,20-18+/t38-,39-,42+,43?,44?,45-/m0/s1. The van der Waals surface area contributed by atoms with Crippen LogP contribution in [-0.2, 0) is 28.5 Å². The van der Waals surface area contributed by atoms with E-state index >= 15 is 0 Å². The van der Waals surface area contributed by atoms with E-state index in [0.717, 1.165) is 57.8 Å². The molecule has 10 nitrogen and oxygen atoms in total. The zero-order chi connectivity index (χ0) is 40.2. The number of rotatable bonds is 37. The minimum atomic E-state index is -1.59. The molecule has 2 unspecified atom stereocenters. The zero-order valence-electron chi connectivity index (χ0n) is 34.9. The van der Waals surface area contributed by atoms with Crippen molar-refractivity contribution in [3.8, 4) is 0 Å². The first-order chi connectivity index (χ1) is 26.8. The second kappa shape index (κ2) is 36.5. The monoisotopic (exact) mass is 783 g/mol. The van der Waals surface area contributed by atoms with E-state index in [1.165, 1.54) is 103 Å². The molecule has 0 bridgehead atoms. The van der Waals surface area contributed by atoms with Crippen LogP contribution in [0.5, 0.6) is 0 Å². The van der Waals surface area contributed by atoms with Gasteiger partial charge >= 0.3 is 11.9 Å². The lowest BCUT2D eigenvalue weighted by molar-refractivity contribution is -0.305. The predicted octanol–water partition coefficient (Wildman–Crippen LogP) is 9.33. The highest BCUT2D eigenvalue weighted by Gasteiger charge is 2.44. The summed E-state index contributed by atoms with van der Waals surface area (Å²) >= 11 is 0. The molecule has 1 rings (SSSR count). The van der Waals surface area contributed by atoms with E-state index in [1.807, 2.05) is 0 Å². The Balaban J connectivity index is 2.33. The van der Waals surface area contributed by atoms with Crippen molar-refractivity contribution in [2.75, 3.05) is 19.8 Å². The van der Waals surface area contributed by atoms with Crippen molar-refractivity contribution in [3.05, 3.63) is 24.3 Å². The second-order valence-corrected chi connectivity index (χ2v) is 15.5. The van der Waals surface area contributed by atoms with E-state index in [4.69, 9.17) is 18.9 Å². The van der Waals surface area contributed by atoms with Gasteiger partial charge in [-0.05, 0) is 57.8 Å². The number of aliphatic hydroxyl groups excluding tert-OH is 4. The maximum atomic E-state index is 12.8. The first-order valence-corrected chi connectivity index (χ1v) is 22.4. The van der Waals surface area contributed by atoms with Crippen LogP contribution in [0.2, 0.25) is 0 Å². The quantitative estimate of drug-likeness (QED) is 0.0273. The van der Waals surface area contributed by atoms with E-state index in [9.17, 15) is 30.0 Å². The third-order valence-corrected chi connectivity index (χ3v) is 10.3. The van der Waals surface area contributed by atoms with Crippen LogP contribution in [0.3, 0.4) is 0 Å². The van der Waals surface area contributed by atoms with Crippen molar-refractivity contribution in [1.29, 1.82) is 0 Å². The average Bonchev–Trinajstić information content (AvgIpc) is 3.18. The molecule has 0 saturated carbocycles. The van der Waals surface area contributed by atoms with Gasteiger partial charge in [-0.15, -0.1) is 0 Å². The van der Waals surface area contributed by atoms with Gasteiger partial charge in [-0.2, -0.15) is 0 Å². The first-order valence-electron chi connectivity index (χ1n) is 22.4. The fraction of sp³-hybridized carbons (Fsp3) is 0.867. The number of hydrogen-bond donors (Lipinski definition) is 4. The van der Waals surface area contributed by atoms with Gasteiger partial charge in [0.15, 0.2) is 12.4 Å². The Morgan fingerprint density at radius 3 is 1.47 bits per heavy atom. The maximum Gasteiger partial charge on any atom is 0.306 e. The third-order valence-electron chi connectivity index (χ3n) is 10.3. The Morgan fingerprint density at radius 1 is 0.545 bits per heavy atom. The summed E-state index contributed by atoms with van der Waals surface area (Å²) in [5.74, 6) is -0.815. The summed E-state index contributed by atoms with van der Waals surface area (Å²) < 4.78 is 22.1. The van der Waals surface area contributed by atoms with Gasteiger partial charge in [0, 0.05) is 12.8 Å². The molecule has 0 spiro atoms. The van der Waals surface area contributed by atoms with E-state index in [0.29, 0.717) is 6.42 Å². The summed E-state index contributed by atoms with van der Waals surface area (Å²) in [6.45, 7) is 3.38. The highest BCUT2D eigenvalue weighted by molar-refractivity contribution is 5.70. The van der Waals surface area contributed by atoms with E-state index in [-0.39, 0.29) is 32.0 Å². The number of aliphatic hydroxyl groups is 4. The van der Waals surface area contributed by atoms with Gasteiger partial charge in [-0.3, -0.25) is 9.59 Å². The van der Waals surface area contributed by atoms with Crippen molar-refractivity contribution in [2.24, 2.45) is 0 Å². The molecule has 0 radical (unpaired) electrons. The van der Waals surface area contributed by atoms with Gasteiger partial charge in [0.2, 0.25) is 0 Å². The normalized spacial score (nSPS) is 20.7. The summed E-state index contributed by atoms with van der Waals surface area (Å²) in [6.07, 6.45) is 31.8. The van der Waals surface area contributed by atoms with Gasteiger partial charge in [0.1, 0.15) is 31.0 Å². The Bertz CT molecular complexity index is 954. The fourth-order valence-corrected chi connectivity index (χ4v) is 6.69. The minimum absolute atomic E-state index is 0.219. The molecule has 0 aromatic carbocycles. The summed E-state index contributed by atoms with van der Waals surface area (Å²) in [6, 6.07) is 0. The zero-order valence-corrected chi connectivity index (χ0v) is 34.9. The molecule has 55 heavy (non-hydrogen) atoms. The van der Waals surface area contributed by atoms with E-state index < -0.39 is 49.4 Å². The molecule has 4 N–H and O–H groups in total. The minimum Gasteiger partial charge on any atom is -0.462 e. The molecule has 0 aromatic heterocycles. The second-order valence-electron chi connectivity index (χ2n) is 15.5. The number of ether oxygens (including phenoxy) is 4. The molecule has 1 aliphatic heterocycles. The van der Waals surface area contributed by atoms with Gasteiger partial charge < -0.3 is 39.4 Å². The summed E-state index contributed by atoms with van der Waals surface area (Å²) in [4.78, 5) is 25.3. The van der Waals surface area contributed by atoms with Crippen LogP contribution in [0, 0.1) is 0 Å². The van der Waals surface area contributed by atoms with Crippen LogP contribution in [-0.4, -0.2) is 89.0 Å². The van der Waals surface area contributed by atoms with Gasteiger partial charge in [0.05, 0.1) is 13.2 Å². The largest absolute Gasteiger partial charge is 0.462 e.